The van der Waals surface area contributed by atoms with Gasteiger partial charge in [0.2, 0.25) is 5.91 Å². The van der Waals surface area contributed by atoms with Gasteiger partial charge < -0.3 is 4.90 Å². The molecule has 0 spiro atoms. The van der Waals surface area contributed by atoms with Crippen LogP contribution in [0.2, 0.25) is 0 Å². The second-order valence-corrected chi connectivity index (χ2v) is 7.50. The number of likely N-dealkylation sites (N-methyl/N-ethyl adjacent to an activating group) is 1. The Morgan fingerprint density at radius 2 is 1.53 bits per heavy atom. The van der Waals surface area contributed by atoms with E-state index in [2.05, 4.69) is 37.8 Å². The molecule has 0 saturated heterocycles. The van der Waals surface area contributed by atoms with E-state index in [1.165, 1.54) is 41.9 Å². The number of nitrogens with zero attached hydrogens (tertiary/aromatic N) is 1. The number of anilines is 1. The molecule has 0 aliphatic heterocycles. The monoisotopic (exact) mass is 401 g/mol. The quantitative estimate of drug-likeness (QED) is 0.293. The standard InChI is InChI=1S/C27H28FNO/c1-4-6-7-8-20-9-11-21(12-10-20)22-13-15-23(16-14-22)25-18-17-24(19-26(25)28)29(3)27(30)5-2/h5,9-19H,2,4,6-8H2,1,3H3. The molecule has 0 bridgehead atoms. The largest absolute Gasteiger partial charge is 0.312 e. The fraction of sp³-hybridized carbons (Fsp3) is 0.222. The predicted molar refractivity (Wildman–Crippen MR) is 124 cm³/mol. The maximum atomic E-state index is 14.7. The number of aryl methyl sites for hydroxylation is 1. The number of carbonyl (C=O) groups excluding carboxylic acids is 1. The molecule has 1 amide bonds. The second kappa shape index (κ2) is 10.0. The topological polar surface area (TPSA) is 20.3 Å². The lowest BCUT2D eigenvalue weighted by atomic mass is 9.98. The Morgan fingerprint density at radius 3 is 2.10 bits per heavy atom. The van der Waals surface area contributed by atoms with Crippen molar-refractivity contribution in [2.24, 2.45) is 0 Å². The summed E-state index contributed by atoms with van der Waals surface area (Å²) >= 11 is 0. The molecule has 0 saturated carbocycles. The number of hydrogen-bond donors (Lipinski definition) is 0. The molecule has 3 aromatic carbocycles. The van der Waals surface area contributed by atoms with Crippen LogP contribution in [0.5, 0.6) is 0 Å². The van der Waals surface area contributed by atoms with Crippen LogP contribution in [0.4, 0.5) is 10.1 Å². The van der Waals surface area contributed by atoms with Crippen molar-refractivity contribution in [2.75, 3.05) is 11.9 Å². The minimum absolute atomic E-state index is 0.275. The van der Waals surface area contributed by atoms with Crippen molar-refractivity contribution in [3.8, 4) is 22.3 Å². The first-order valence-electron chi connectivity index (χ1n) is 10.4. The molecular formula is C27H28FNO. The summed E-state index contributed by atoms with van der Waals surface area (Å²) in [5.41, 5.74) is 5.43. The first kappa shape index (κ1) is 21.5. The summed E-state index contributed by atoms with van der Waals surface area (Å²) in [4.78, 5) is 13.1. The third kappa shape index (κ3) is 5.04. The van der Waals surface area contributed by atoms with Crippen LogP contribution in [-0.2, 0) is 11.2 Å². The highest BCUT2D eigenvalue weighted by atomic mass is 19.1. The smallest absolute Gasteiger partial charge is 0.250 e. The van der Waals surface area contributed by atoms with E-state index >= 15 is 0 Å². The van der Waals surface area contributed by atoms with Crippen molar-refractivity contribution in [3.05, 3.63) is 90.8 Å². The van der Waals surface area contributed by atoms with Crippen LogP contribution in [0.3, 0.4) is 0 Å². The molecule has 0 aliphatic carbocycles. The van der Waals surface area contributed by atoms with Gasteiger partial charge in [0.1, 0.15) is 5.82 Å². The molecule has 3 heteroatoms. The van der Waals surface area contributed by atoms with Crippen molar-refractivity contribution in [2.45, 2.75) is 32.6 Å². The lowest BCUT2D eigenvalue weighted by Crippen LogP contribution is -2.23. The average Bonchev–Trinajstić information content (AvgIpc) is 2.79. The summed E-state index contributed by atoms with van der Waals surface area (Å²) < 4.78 is 14.7. The number of unbranched alkanes of at least 4 members (excludes halogenated alkanes) is 2. The second-order valence-electron chi connectivity index (χ2n) is 7.50. The molecule has 3 aromatic rings. The van der Waals surface area contributed by atoms with Gasteiger partial charge in [0.25, 0.3) is 0 Å². The molecule has 0 radical (unpaired) electrons. The summed E-state index contributed by atoms with van der Waals surface area (Å²) in [5, 5.41) is 0. The van der Waals surface area contributed by atoms with Gasteiger partial charge in [-0.15, -0.1) is 0 Å². The highest BCUT2D eigenvalue weighted by Crippen LogP contribution is 2.29. The van der Waals surface area contributed by atoms with E-state index in [0.717, 1.165) is 23.1 Å². The average molecular weight is 402 g/mol. The maximum Gasteiger partial charge on any atom is 0.250 e. The molecular weight excluding hydrogens is 373 g/mol. The Labute approximate surface area is 178 Å². The first-order valence-corrected chi connectivity index (χ1v) is 10.4. The van der Waals surface area contributed by atoms with Crippen molar-refractivity contribution < 1.29 is 9.18 Å². The zero-order valence-corrected chi connectivity index (χ0v) is 17.7. The number of carbonyl (C=O) groups is 1. The highest BCUT2D eigenvalue weighted by molar-refractivity contribution is 6.00. The van der Waals surface area contributed by atoms with Gasteiger partial charge in [-0.05, 0) is 59.4 Å². The SMILES string of the molecule is C=CC(=O)N(C)c1ccc(-c2ccc(-c3ccc(CCCCC)cc3)cc2)c(F)c1. The van der Waals surface area contributed by atoms with E-state index in [9.17, 15) is 9.18 Å². The zero-order valence-electron chi connectivity index (χ0n) is 17.7. The molecule has 30 heavy (non-hydrogen) atoms. The number of amides is 1. The van der Waals surface area contributed by atoms with Crippen molar-refractivity contribution in [1.29, 1.82) is 0 Å². The van der Waals surface area contributed by atoms with Crippen LogP contribution in [0.1, 0.15) is 31.7 Å². The van der Waals surface area contributed by atoms with Crippen LogP contribution in [0, 0.1) is 5.82 Å². The van der Waals surface area contributed by atoms with Crippen molar-refractivity contribution in [3.63, 3.8) is 0 Å². The van der Waals surface area contributed by atoms with Crippen LogP contribution in [0.25, 0.3) is 22.3 Å². The summed E-state index contributed by atoms with van der Waals surface area (Å²) in [6.07, 6.45) is 6.06. The molecule has 0 heterocycles. The lowest BCUT2D eigenvalue weighted by molar-refractivity contribution is -0.113. The van der Waals surface area contributed by atoms with Gasteiger partial charge in [-0.2, -0.15) is 0 Å². The van der Waals surface area contributed by atoms with E-state index in [4.69, 9.17) is 0 Å². The van der Waals surface area contributed by atoms with Gasteiger partial charge >= 0.3 is 0 Å². The molecule has 0 fully saturated rings. The summed E-state index contributed by atoms with van der Waals surface area (Å²) in [6.45, 7) is 5.68. The number of hydrogen-bond acceptors (Lipinski definition) is 1. The normalized spacial score (nSPS) is 10.6. The zero-order chi connectivity index (χ0) is 21.5. The van der Waals surface area contributed by atoms with Gasteiger partial charge in [0.15, 0.2) is 0 Å². The third-order valence-corrected chi connectivity index (χ3v) is 5.40. The van der Waals surface area contributed by atoms with Gasteiger partial charge in [-0.3, -0.25) is 4.79 Å². The number of rotatable bonds is 8. The summed E-state index contributed by atoms with van der Waals surface area (Å²) in [6, 6.07) is 21.4. The molecule has 3 rings (SSSR count). The van der Waals surface area contributed by atoms with E-state index < -0.39 is 0 Å². The molecule has 0 atom stereocenters. The van der Waals surface area contributed by atoms with E-state index in [-0.39, 0.29) is 11.7 Å². The predicted octanol–water partition coefficient (Wildman–Crippen LogP) is 7.04. The third-order valence-electron chi connectivity index (χ3n) is 5.40. The van der Waals surface area contributed by atoms with Gasteiger partial charge in [-0.25, -0.2) is 4.39 Å². The number of halogens is 1. The molecule has 0 aromatic heterocycles. The maximum absolute atomic E-state index is 14.7. The minimum atomic E-state index is -0.361. The molecule has 0 aliphatic rings. The lowest BCUT2D eigenvalue weighted by Gasteiger charge is -2.16. The first-order chi connectivity index (χ1) is 14.5. The van der Waals surface area contributed by atoms with Crippen molar-refractivity contribution in [1.82, 2.24) is 0 Å². The van der Waals surface area contributed by atoms with E-state index in [1.54, 1.807) is 19.2 Å². The summed E-state index contributed by atoms with van der Waals surface area (Å²) in [7, 11) is 1.60. The number of benzene rings is 3. The Bertz CT molecular complexity index is 1010. The summed E-state index contributed by atoms with van der Waals surface area (Å²) in [5.74, 6) is -0.636. The molecule has 0 N–H and O–H groups in total. The van der Waals surface area contributed by atoms with Crippen LogP contribution >= 0.6 is 0 Å². The van der Waals surface area contributed by atoms with E-state index in [1.807, 2.05) is 24.3 Å². The van der Waals surface area contributed by atoms with Gasteiger partial charge in [0.05, 0.1) is 0 Å². The van der Waals surface area contributed by atoms with Gasteiger partial charge in [0, 0.05) is 18.3 Å². The Morgan fingerprint density at radius 1 is 0.933 bits per heavy atom. The fourth-order valence-corrected chi connectivity index (χ4v) is 3.50. The Kier molecular flexibility index (Phi) is 7.18. The van der Waals surface area contributed by atoms with Gasteiger partial charge in [-0.1, -0.05) is 74.9 Å². The van der Waals surface area contributed by atoms with Crippen LogP contribution in [0.15, 0.2) is 79.4 Å². The highest BCUT2D eigenvalue weighted by Gasteiger charge is 2.12. The molecule has 154 valence electrons. The van der Waals surface area contributed by atoms with Crippen LogP contribution in [-0.4, -0.2) is 13.0 Å². The Balaban J connectivity index is 1.75. The Hall–Kier alpha value is -3.20. The minimum Gasteiger partial charge on any atom is -0.312 e. The molecule has 2 nitrogen and oxygen atoms in total. The molecule has 0 unspecified atom stereocenters. The fourth-order valence-electron chi connectivity index (χ4n) is 3.50. The van der Waals surface area contributed by atoms with Crippen molar-refractivity contribution >= 4 is 11.6 Å². The van der Waals surface area contributed by atoms with E-state index in [0.29, 0.717) is 11.3 Å². The van der Waals surface area contributed by atoms with Crippen LogP contribution < -0.4 is 4.90 Å².